The van der Waals surface area contributed by atoms with Gasteiger partial charge in [0.1, 0.15) is 11.2 Å². The second-order valence-corrected chi connectivity index (χ2v) is 8.76. The van der Waals surface area contributed by atoms with Crippen molar-refractivity contribution in [1.29, 1.82) is 0 Å². The lowest BCUT2D eigenvalue weighted by Crippen LogP contribution is -2.41. The van der Waals surface area contributed by atoms with Gasteiger partial charge >= 0.3 is 0 Å². The topological polar surface area (TPSA) is 72.3 Å². The summed E-state index contributed by atoms with van der Waals surface area (Å²) >= 11 is 0. The maximum atomic E-state index is 12.7. The molecule has 5 rings (SSSR count). The molecule has 0 unspecified atom stereocenters. The van der Waals surface area contributed by atoms with E-state index < -0.39 is 0 Å². The van der Waals surface area contributed by atoms with Crippen LogP contribution in [0.3, 0.4) is 0 Å². The van der Waals surface area contributed by atoms with Gasteiger partial charge in [-0.2, -0.15) is 0 Å². The zero-order valence-corrected chi connectivity index (χ0v) is 18.2. The van der Waals surface area contributed by atoms with E-state index in [9.17, 15) is 4.79 Å². The third-order valence-electron chi connectivity index (χ3n) is 6.11. The molecule has 3 heterocycles. The molecule has 0 amide bonds. The number of ether oxygens (including phenoxy) is 1. The normalized spacial score (nSPS) is 19.6. The summed E-state index contributed by atoms with van der Waals surface area (Å²) in [6.07, 6.45) is 5.14. The van der Waals surface area contributed by atoms with E-state index in [2.05, 4.69) is 46.4 Å². The Labute approximate surface area is 182 Å². The minimum atomic E-state index is -0.0695. The van der Waals surface area contributed by atoms with Crippen LogP contribution in [0, 0.1) is 0 Å². The smallest absolute Gasteiger partial charge is 0.264 e. The second kappa shape index (κ2) is 8.40. The Kier molecular flexibility index (Phi) is 5.46. The summed E-state index contributed by atoms with van der Waals surface area (Å²) in [5.41, 5.74) is 3.80. The van der Waals surface area contributed by atoms with Gasteiger partial charge in [-0.25, -0.2) is 9.97 Å². The fourth-order valence-corrected chi connectivity index (χ4v) is 4.12. The summed E-state index contributed by atoms with van der Waals surface area (Å²) in [5, 5.41) is 4.00. The van der Waals surface area contributed by atoms with E-state index >= 15 is 0 Å². The summed E-state index contributed by atoms with van der Waals surface area (Å²) in [6, 6.07) is 10.9. The number of pyridine rings is 1. The van der Waals surface area contributed by atoms with Crippen LogP contribution < -0.4 is 10.9 Å². The van der Waals surface area contributed by atoms with E-state index in [1.807, 2.05) is 6.07 Å². The maximum Gasteiger partial charge on any atom is 0.264 e. The van der Waals surface area contributed by atoms with Gasteiger partial charge in [0.05, 0.1) is 30.2 Å². The summed E-state index contributed by atoms with van der Waals surface area (Å²) < 4.78 is 7.13. The van der Waals surface area contributed by atoms with Crippen molar-refractivity contribution in [1.82, 2.24) is 19.4 Å². The highest BCUT2D eigenvalue weighted by Gasteiger charge is 2.24. The van der Waals surface area contributed by atoms with Gasteiger partial charge in [-0.05, 0) is 37.8 Å². The Morgan fingerprint density at radius 2 is 2.03 bits per heavy atom. The summed E-state index contributed by atoms with van der Waals surface area (Å²) in [7, 11) is 1.72. The van der Waals surface area contributed by atoms with Crippen LogP contribution >= 0.6 is 0 Å². The van der Waals surface area contributed by atoms with Crippen LogP contribution in [0.25, 0.3) is 22.2 Å². The van der Waals surface area contributed by atoms with Gasteiger partial charge in [-0.3, -0.25) is 9.69 Å². The average Bonchev–Trinajstić information content (AvgIpc) is 3.59. The van der Waals surface area contributed by atoms with Crippen LogP contribution in [-0.2, 0) is 18.2 Å². The first kappa shape index (κ1) is 20.2. The number of rotatable bonds is 6. The van der Waals surface area contributed by atoms with Crippen molar-refractivity contribution in [3.8, 4) is 11.3 Å². The van der Waals surface area contributed by atoms with Gasteiger partial charge < -0.3 is 14.6 Å². The van der Waals surface area contributed by atoms with E-state index in [1.165, 1.54) is 10.1 Å². The van der Waals surface area contributed by atoms with Crippen molar-refractivity contribution in [3.63, 3.8) is 0 Å². The number of anilines is 1. The molecule has 0 spiro atoms. The first-order valence-corrected chi connectivity index (χ1v) is 11.1. The van der Waals surface area contributed by atoms with Crippen molar-refractivity contribution < 1.29 is 4.74 Å². The zero-order chi connectivity index (χ0) is 21.4. The molecule has 31 heavy (non-hydrogen) atoms. The van der Waals surface area contributed by atoms with Crippen molar-refractivity contribution in [3.05, 3.63) is 52.6 Å². The molecular weight excluding hydrogens is 390 g/mol. The summed E-state index contributed by atoms with van der Waals surface area (Å²) in [5.74, 6) is 0.647. The Balaban J connectivity index is 1.38. The molecule has 2 fully saturated rings. The Hall–Kier alpha value is -2.77. The Morgan fingerprint density at radius 1 is 1.23 bits per heavy atom. The SMILES string of the molecule is C[C@@H]1CN(CCc2ccc(-c3cc4ncn(C)c(=O)c4c(NC4CC4)n3)cc2)CCO1. The monoisotopic (exact) mass is 419 g/mol. The minimum absolute atomic E-state index is 0.0695. The summed E-state index contributed by atoms with van der Waals surface area (Å²) in [4.78, 5) is 24.5. The number of morpholine rings is 1. The van der Waals surface area contributed by atoms with Crippen molar-refractivity contribution in [2.24, 2.45) is 7.05 Å². The number of hydrogen-bond acceptors (Lipinski definition) is 6. The Bertz CT molecular complexity index is 1140. The molecule has 3 aromatic rings. The van der Waals surface area contributed by atoms with Crippen LogP contribution in [-0.4, -0.2) is 57.8 Å². The maximum absolute atomic E-state index is 12.7. The van der Waals surface area contributed by atoms with Gasteiger partial charge in [-0.1, -0.05) is 24.3 Å². The molecule has 162 valence electrons. The van der Waals surface area contributed by atoms with Gasteiger partial charge in [0.2, 0.25) is 0 Å². The highest BCUT2D eigenvalue weighted by molar-refractivity contribution is 5.91. The molecule has 2 aliphatic rings. The van der Waals surface area contributed by atoms with Crippen molar-refractivity contribution in [2.45, 2.75) is 38.3 Å². The van der Waals surface area contributed by atoms with Crippen molar-refractivity contribution >= 4 is 16.7 Å². The number of aromatic nitrogens is 3. The fraction of sp³-hybridized carbons (Fsp3) is 0.458. The molecule has 1 aliphatic carbocycles. The highest BCUT2D eigenvalue weighted by Crippen LogP contribution is 2.29. The standard InChI is InChI=1S/C24H29N5O2/c1-16-14-29(11-12-31-16)10-9-17-3-5-18(6-4-17)20-13-21-22(24(30)28(2)15-25-21)23(27-20)26-19-7-8-19/h3-6,13,15-16,19H,7-12,14H2,1-2H3,(H,26,27)/t16-/m1/s1. The molecule has 7 heteroatoms. The van der Waals surface area contributed by atoms with E-state index in [1.54, 1.807) is 13.4 Å². The molecule has 7 nitrogen and oxygen atoms in total. The van der Waals surface area contributed by atoms with Crippen LogP contribution in [0.1, 0.15) is 25.3 Å². The molecule has 1 aliphatic heterocycles. The second-order valence-electron chi connectivity index (χ2n) is 8.76. The van der Waals surface area contributed by atoms with E-state index in [-0.39, 0.29) is 5.56 Å². The lowest BCUT2D eigenvalue weighted by molar-refractivity contribution is -0.0177. The van der Waals surface area contributed by atoms with Crippen LogP contribution in [0.2, 0.25) is 0 Å². The Morgan fingerprint density at radius 3 is 2.77 bits per heavy atom. The lowest BCUT2D eigenvalue weighted by atomic mass is 10.1. The predicted octanol–water partition coefficient (Wildman–Crippen LogP) is 2.83. The van der Waals surface area contributed by atoms with Gasteiger partial charge in [-0.15, -0.1) is 0 Å². The first-order valence-electron chi connectivity index (χ1n) is 11.1. The number of nitrogens with zero attached hydrogens (tertiary/aromatic N) is 4. The zero-order valence-electron chi connectivity index (χ0n) is 18.2. The number of aryl methyl sites for hydroxylation is 1. The molecule has 2 aromatic heterocycles. The number of benzene rings is 1. The third kappa shape index (κ3) is 4.48. The van der Waals surface area contributed by atoms with Gasteiger partial charge in [0.25, 0.3) is 5.56 Å². The molecule has 1 saturated carbocycles. The van der Waals surface area contributed by atoms with Crippen LogP contribution in [0.15, 0.2) is 41.5 Å². The number of hydrogen-bond donors (Lipinski definition) is 1. The van der Waals surface area contributed by atoms with E-state index in [0.29, 0.717) is 28.9 Å². The molecule has 1 saturated heterocycles. The predicted molar refractivity (Wildman–Crippen MR) is 122 cm³/mol. The largest absolute Gasteiger partial charge is 0.376 e. The van der Waals surface area contributed by atoms with Crippen molar-refractivity contribution in [2.75, 3.05) is 31.6 Å². The van der Waals surface area contributed by atoms with Gasteiger partial charge in [0.15, 0.2) is 0 Å². The lowest BCUT2D eigenvalue weighted by Gasteiger charge is -2.31. The summed E-state index contributed by atoms with van der Waals surface area (Å²) in [6.45, 7) is 6.01. The molecule has 0 radical (unpaired) electrons. The number of fused-ring (bicyclic) bond motifs is 1. The molecule has 1 N–H and O–H groups in total. The first-order chi connectivity index (χ1) is 15.1. The van der Waals surface area contributed by atoms with Gasteiger partial charge in [0, 0.05) is 38.3 Å². The quantitative estimate of drug-likeness (QED) is 0.662. The molecular formula is C24H29N5O2. The third-order valence-corrected chi connectivity index (χ3v) is 6.11. The minimum Gasteiger partial charge on any atom is -0.376 e. The van der Waals surface area contributed by atoms with E-state index in [4.69, 9.17) is 9.72 Å². The molecule has 0 bridgehead atoms. The molecule has 1 atom stereocenters. The number of nitrogens with one attached hydrogen (secondary N) is 1. The molecule has 1 aromatic carbocycles. The van der Waals surface area contributed by atoms with E-state index in [0.717, 1.165) is 56.8 Å². The fourth-order valence-electron chi connectivity index (χ4n) is 4.12. The average molecular weight is 420 g/mol. The van der Waals surface area contributed by atoms with Crippen LogP contribution in [0.5, 0.6) is 0 Å². The van der Waals surface area contributed by atoms with Crippen LogP contribution in [0.4, 0.5) is 5.82 Å². The highest BCUT2D eigenvalue weighted by atomic mass is 16.5.